The van der Waals surface area contributed by atoms with Crippen LogP contribution in [-0.4, -0.2) is 13.0 Å². The molecule has 1 aliphatic rings. The molecule has 7 heavy (non-hydrogen) atoms. The highest BCUT2D eigenvalue weighted by atomic mass is 19.1. The monoisotopic (exact) mass is 103 g/mol. The minimum absolute atomic E-state index is 0.581. The Morgan fingerprint density at radius 3 is 2.86 bits per heavy atom. The molecule has 2 heteroatoms. The number of hydrogen-bond donors (Lipinski definition) is 0. The lowest BCUT2D eigenvalue weighted by Gasteiger charge is -2.13. The first kappa shape index (κ1) is 5.04. The molecular formula is C5H8FO. The molecule has 1 fully saturated rings. The zero-order valence-electron chi connectivity index (χ0n) is 4.06. The summed E-state index contributed by atoms with van der Waals surface area (Å²) >= 11 is 0. The van der Waals surface area contributed by atoms with Crippen molar-refractivity contribution in [1.82, 2.24) is 0 Å². The summed E-state index contributed by atoms with van der Waals surface area (Å²) in [5.41, 5.74) is 0. The largest absolute Gasteiger partial charge is 0.348 e. The van der Waals surface area contributed by atoms with E-state index in [2.05, 4.69) is 4.74 Å². The fourth-order valence-corrected chi connectivity index (χ4v) is 0.596. The Morgan fingerprint density at radius 2 is 2.57 bits per heavy atom. The second-order valence-electron chi connectivity index (χ2n) is 1.60. The van der Waals surface area contributed by atoms with Gasteiger partial charge in [-0.1, -0.05) is 0 Å². The summed E-state index contributed by atoms with van der Waals surface area (Å²) in [6.45, 7) is 0.581. The van der Waals surface area contributed by atoms with Crippen molar-refractivity contribution in [2.45, 2.75) is 19.2 Å². The Kier molecular flexibility index (Phi) is 1.63. The fourth-order valence-electron chi connectivity index (χ4n) is 0.596. The normalized spacial score (nSPS) is 33.0. The quantitative estimate of drug-likeness (QED) is 0.449. The van der Waals surface area contributed by atoms with Crippen LogP contribution in [0.15, 0.2) is 0 Å². The average molecular weight is 103 g/mol. The van der Waals surface area contributed by atoms with Gasteiger partial charge in [0.15, 0.2) is 0 Å². The smallest absolute Gasteiger partial charge is 0.202 e. The Morgan fingerprint density at radius 1 is 1.71 bits per heavy atom. The van der Waals surface area contributed by atoms with E-state index in [1.807, 2.05) is 0 Å². The molecule has 1 nitrogen and oxygen atoms in total. The van der Waals surface area contributed by atoms with Crippen LogP contribution in [0.4, 0.5) is 4.39 Å². The van der Waals surface area contributed by atoms with Crippen molar-refractivity contribution in [3.05, 3.63) is 6.42 Å². The van der Waals surface area contributed by atoms with Gasteiger partial charge in [-0.2, -0.15) is 0 Å². The van der Waals surface area contributed by atoms with Crippen LogP contribution in [0.1, 0.15) is 12.8 Å². The van der Waals surface area contributed by atoms with Crippen molar-refractivity contribution >= 4 is 0 Å². The van der Waals surface area contributed by atoms with E-state index in [-0.39, 0.29) is 0 Å². The van der Waals surface area contributed by atoms with Gasteiger partial charge in [-0.05, 0) is 12.8 Å². The predicted octanol–water partition coefficient (Wildman–Crippen LogP) is 1.30. The molecule has 0 unspecified atom stereocenters. The minimum atomic E-state index is -1.09. The molecule has 0 aromatic heterocycles. The molecule has 41 valence electrons. The van der Waals surface area contributed by atoms with Gasteiger partial charge in [0.1, 0.15) is 0 Å². The van der Waals surface area contributed by atoms with Crippen molar-refractivity contribution in [2.24, 2.45) is 0 Å². The van der Waals surface area contributed by atoms with E-state index in [0.717, 1.165) is 12.8 Å². The number of rotatable bonds is 0. The third kappa shape index (κ3) is 1.43. The Hall–Kier alpha value is -0.110. The van der Waals surface area contributed by atoms with Gasteiger partial charge in [0.25, 0.3) is 0 Å². The van der Waals surface area contributed by atoms with Crippen molar-refractivity contribution in [3.8, 4) is 0 Å². The summed E-state index contributed by atoms with van der Waals surface area (Å²) in [4.78, 5) is 0. The molecule has 1 saturated heterocycles. The molecule has 1 aliphatic heterocycles. The van der Waals surface area contributed by atoms with Crippen LogP contribution in [0.3, 0.4) is 0 Å². The summed E-state index contributed by atoms with van der Waals surface area (Å²) in [7, 11) is 0. The van der Waals surface area contributed by atoms with Gasteiger partial charge in [-0.25, -0.2) is 4.39 Å². The molecule has 0 spiro atoms. The molecule has 1 heterocycles. The van der Waals surface area contributed by atoms with Crippen molar-refractivity contribution in [1.29, 1.82) is 0 Å². The van der Waals surface area contributed by atoms with Gasteiger partial charge in [-0.15, -0.1) is 0 Å². The molecule has 0 aromatic carbocycles. The van der Waals surface area contributed by atoms with E-state index in [0.29, 0.717) is 6.61 Å². The standard InChI is InChI=1S/C5H8FO/c6-5-3-1-2-4-7-5/h3,5H,1-2,4H2/t5-/m0/s1. The van der Waals surface area contributed by atoms with Crippen molar-refractivity contribution in [3.63, 3.8) is 0 Å². The van der Waals surface area contributed by atoms with E-state index in [1.165, 1.54) is 0 Å². The first-order valence-electron chi connectivity index (χ1n) is 2.48. The highest BCUT2D eigenvalue weighted by molar-refractivity contribution is 4.71. The number of halogens is 1. The molecular weight excluding hydrogens is 95.1 g/mol. The molecule has 0 amide bonds. The lowest BCUT2D eigenvalue weighted by molar-refractivity contribution is -0.0351. The first-order chi connectivity index (χ1) is 3.39. The van der Waals surface area contributed by atoms with E-state index < -0.39 is 6.36 Å². The third-order valence-corrected chi connectivity index (χ3v) is 0.978. The van der Waals surface area contributed by atoms with Gasteiger partial charge in [-0.3, -0.25) is 0 Å². The van der Waals surface area contributed by atoms with E-state index in [9.17, 15) is 4.39 Å². The van der Waals surface area contributed by atoms with E-state index >= 15 is 0 Å². The summed E-state index contributed by atoms with van der Waals surface area (Å²) < 4.78 is 16.5. The van der Waals surface area contributed by atoms with Crippen LogP contribution in [0.5, 0.6) is 0 Å². The van der Waals surface area contributed by atoms with Crippen LogP contribution in [0.25, 0.3) is 0 Å². The summed E-state index contributed by atoms with van der Waals surface area (Å²) in [5.74, 6) is 0. The summed E-state index contributed by atoms with van der Waals surface area (Å²) in [6, 6.07) is 0. The van der Waals surface area contributed by atoms with Gasteiger partial charge in [0.05, 0.1) is 6.61 Å². The van der Waals surface area contributed by atoms with Gasteiger partial charge in [0.2, 0.25) is 6.36 Å². The van der Waals surface area contributed by atoms with Crippen LogP contribution in [0.2, 0.25) is 0 Å². The first-order valence-corrected chi connectivity index (χ1v) is 2.48. The zero-order chi connectivity index (χ0) is 5.11. The molecule has 0 aliphatic carbocycles. The fraction of sp³-hybridized carbons (Fsp3) is 0.800. The molecule has 0 bridgehead atoms. The maximum Gasteiger partial charge on any atom is 0.202 e. The predicted molar refractivity (Wildman–Crippen MR) is 24.4 cm³/mol. The zero-order valence-corrected chi connectivity index (χ0v) is 4.06. The van der Waals surface area contributed by atoms with Gasteiger partial charge >= 0.3 is 0 Å². The van der Waals surface area contributed by atoms with E-state index in [1.54, 1.807) is 6.42 Å². The lowest BCUT2D eigenvalue weighted by atomic mass is 10.2. The maximum atomic E-state index is 11.9. The lowest BCUT2D eigenvalue weighted by Crippen LogP contribution is -2.13. The Balaban J connectivity index is 2.12. The molecule has 1 rings (SSSR count). The Bertz CT molecular complexity index is 50.0. The second kappa shape index (κ2) is 2.26. The maximum absolute atomic E-state index is 11.9. The summed E-state index contributed by atoms with van der Waals surface area (Å²) in [6.07, 6.45) is 2.29. The van der Waals surface area contributed by atoms with Crippen molar-refractivity contribution in [2.75, 3.05) is 6.61 Å². The van der Waals surface area contributed by atoms with Crippen LogP contribution in [0, 0.1) is 6.42 Å². The van der Waals surface area contributed by atoms with Gasteiger partial charge in [0, 0.05) is 6.42 Å². The highest BCUT2D eigenvalue weighted by Gasteiger charge is 2.10. The topological polar surface area (TPSA) is 9.23 Å². The molecule has 0 saturated carbocycles. The van der Waals surface area contributed by atoms with Crippen molar-refractivity contribution < 1.29 is 9.13 Å². The van der Waals surface area contributed by atoms with Crippen LogP contribution >= 0.6 is 0 Å². The third-order valence-electron chi connectivity index (χ3n) is 0.978. The minimum Gasteiger partial charge on any atom is -0.348 e. The molecule has 0 aromatic rings. The van der Waals surface area contributed by atoms with E-state index in [4.69, 9.17) is 0 Å². The molecule has 1 radical (unpaired) electrons. The van der Waals surface area contributed by atoms with Crippen LogP contribution < -0.4 is 0 Å². The average Bonchev–Trinajstić information content (AvgIpc) is 1.69. The second-order valence-corrected chi connectivity index (χ2v) is 1.60. The number of alkyl halides is 1. The SMILES string of the molecule is F[C@@H]1[CH]CCCO1. The summed E-state index contributed by atoms with van der Waals surface area (Å²) in [5, 5.41) is 0. The van der Waals surface area contributed by atoms with Crippen LogP contribution in [-0.2, 0) is 4.74 Å². The Labute approximate surface area is 42.5 Å². The number of hydrogen-bond acceptors (Lipinski definition) is 1. The highest BCUT2D eigenvalue weighted by Crippen LogP contribution is 2.11. The number of ether oxygens (including phenoxy) is 1. The van der Waals surface area contributed by atoms with Gasteiger partial charge < -0.3 is 4.74 Å². The molecule has 1 atom stereocenters. The molecule has 0 N–H and O–H groups in total.